The maximum atomic E-state index is 7.04. The van der Waals surface area contributed by atoms with Gasteiger partial charge in [-0.1, -0.05) is 147 Å². The van der Waals surface area contributed by atoms with Gasteiger partial charge in [0.1, 0.15) is 22.3 Å². The Hall–Kier alpha value is -7.30. The summed E-state index contributed by atoms with van der Waals surface area (Å²) < 4.78 is 13.7. The van der Waals surface area contributed by atoms with Crippen molar-refractivity contribution in [3.05, 3.63) is 181 Å². The SMILES string of the molecule is CC1CC2CC(C)CC(c3ccc(-c4nc(-c5cccc6c5oc5ccccc56)cc(-c5ccc(-c6ccc7ccccc7c6)c6c5oc5ccc(-c7ccccc7)cc56)n4)cc3)(C1)C2. The minimum absolute atomic E-state index is 0.239. The highest BCUT2D eigenvalue weighted by atomic mass is 16.3. The highest BCUT2D eigenvalue weighted by Crippen LogP contribution is 2.54. The van der Waals surface area contributed by atoms with E-state index in [1.165, 1.54) is 54.0 Å². The summed E-state index contributed by atoms with van der Waals surface area (Å²) in [7, 11) is 0. The Morgan fingerprint density at radius 3 is 1.91 bits per heavy atom. The highest BCUT2D eigenvalue weighted by molar-refractivity contribution is 6.17. The number of nitrogens with zero attached hydrogens (tertiary/aromatic N) is 2. The molecule has 0 saturated heterocycles. The van der Waals surface area contributed by atoms with E-state index in [0.29, 0.717) is 5.82 Å². The van der Waals surface area contributed by atoms with Crippen LogP contribution in [0.3, 0.4) is 0 Å². The fourth-order valence-electron chi connectivity index (χ4n) is 12.3. The third kappa shape index (κ3) is 6.41. The van der Waals surface area contributed by atoms with Crippen molar-refractivity contribution in [3.8, 4) is 56.2 Å². The number of rotatable bonds is 6. The van der Waals surface area contributed by atoms with Crippen molar-refractivity contribution in [1.82, 2.24) is 9.97 Å². The predicted octanol–water partition coefficient (Wildman–Crippen LogP) is 16.9. The van der Waals surface area contributed by atoms with E-state index in [-0.39, 0.29) is 5.41 Å². The summed E-state index contributed by atoms with van der Waals surface area (Å²) >= 11 is 0. The molecule has 2 bridgehead atoms. The normalized spacial score (nSPS) is 19.8. The van der Waals surface area contributed by atoms with Crippen LogP contribution < -0.4 is 0 Å². The van der Waals surface area contributed by atoms with Crippen LogP contribution in [0.2, 0.25) is 0 Å². The smallest absolute Gasteiger partial charge is 0.160 e. The fraction of sp³-hybridized carbons (Fsp3) is 0.180. The summed E-state index contributed by atoms with van der Waals surface area (Å²) in [4.78, 5) is 10.9. The quantitative estimate of drug-likeness (QED) is 0.167. The summed E-state index contributed by atoms with van der Waals surface area (Å²) in [5.41, 5.74) is 14.0. The Labute approximate surface area is 378 Å². The van der Waals surface area contributed by atoms with E-state index >= 15 is 0 Å². The van der Waals surface area contributed by atoms with E-state index in [1.54, 1.807) is 0 Å². The molecule has 4 nitrogen and oxygen atoms in total. The van der Waals surface area contributed by atoms with Gasteiger partial charge in [0.05, 0.1) is 11.4 Å². The molecule has 3 aromatic heterocycles. The maximum Gasteiger partial charge on any atom is 0.160 e. The third-order valence-corrected chi connectivity index (χ3v) is 14.9. The molecular weight excluding hydrogens is 793 g/mol. The molecule has 0 spiro atoms. The first-order chi connectivity index (χ1) is 31.9. The molecule has 2 saturated carbocycles. The molecule has 0 amide bonds. The van der Waals surface area contributed by atoms with Crippen molar-refractivity contribution in [2.75, 3.05) is 0 Å². The van der Waals surface area contributed by atoms with Gasteiger partial charge in [-0.2, -0.15) is 0 Å². The standard InChI is InChI=1S/C61H48N2O2/c1-37-29-39-30-38(2)35-61(34-37,36-39)46-24-21-42(22-25-46)60-62-53(50-17-10-16-49-48-15-8-9-18-55(48)64-58(49)50)33-54(63-60)51-27-26-47(45-20-19-41-13-6-7-14-43(41)31-45)57-52-32-44(40-11-4-3-5-12-40)23-28-56(52)65-59(51)57/h3-28,31-33,37-39H,29-30,34-36H2,1-2H3. The first-order valence-corrected chi connectivity index (χ1v) is 23.4. The van der Waals surface area contributed by atoms with Gasteiger partial charge in [0, 0.05) is 38.2 Å². The van der Waals surface area contributed by atoms with Crippen LogP contribution in [0.1, 0.15) is 51.5 Å². The van der Waals surface area contributed by atoms with Gasteiger partial charge < -0.3 is 8.83 Å². The molecule has 11 aromatic rings. The third-order valence-electron chi connectivity index (χ3n) is 14.9. The first-order valence-electron chi connectivity index (χ1n) is 23.4. The summed E-state index contributed by atoms with van der Waals surface area (Å²) in [5, 5.41) is 6.71. The average molecular weight is 841 g/mol. The number of fused-ring (bicyclic) bond motifs is 9. The largest absolute Gasteiger partial charge is 0.455 e. The van der Waals surface area contributed by atoms with Crippen molar-refractivity contribution in [2.45, 2.75) is 51.4 Å². The van der Waals surface area contributed by atoms with Gasteiger partial charge in [0.25, 0.3) is 0 Å². The molecule has 2 fully saturated rings. The molecule has 0 radical (unpaired) electrons. The maximum absolute atomic E-state index is 7.04. The van der Waals surface area contributed by atoms with E-state index in [0.717, 1.165) is 106 Å². The van der Waals surface area contributed by atoms with Crippen LogP contribution in [-0.4, -0.2) is 9.97 Å². The highest BCUT2D eigenvalue weighted by Gasteiger charge is 2.45. The number of hydrogen-bond donors (Lipinski definition) is 0. The predicted molar refractivity (Wildman–Crippen MR) is 268 cm³/mol. The lowest BCUT2D eigenvalue weighted by atomic mass is 9.54. The van der Waals surface area contributed by atoms with Crippen molar-refractivity contribution < 1.29 is 8.83 Å². The Morgan fingerprint density at radius 1 is 0.446 bits per heavy atom. The molecular formula is C61H48N2O2. The Kier molecular flexibility index (Phi) is 8.75. The number of benzene rings is 8. The fourth-order valence-corrected chi connectivity index (χ4v) is 12.3. The van der Waals surface area contributed by atoms with Crippen LogP contribution in [0.25, 0.3) is 111 Å². The second kappa shape index (κ2) is 14.9. The van der Waals surface area contributed by atoms with E-state index in [9.17, 15) is 0 Å². The number of aromatic nitrogens is 2. The minimum Gasteiger partial charge on any atom is -0.455 e. The zero-order chi connectivity index (χ0) is 43.2. The van der Waals surface area contributed by atoms with Crippen LogP contribution in [-0.2, 0) is 5.41 Å². The van der Waals surface area contributed by atoms with Gasteiger partial charge >= 0.3 is 0 Å². The van der Waals surface area contributed by atoms with E-state index in [1.807, 2.05) is 12.1 Å². The zero-order valence-electron chi connectivity index (χ0n) is 36.7. The molecule has 4 heteroatoms. The van der Waals surface area contributed by atoms with E-state index in [4.69, 9.17) is 18.8 Å². The second-order valence-corrected chi connectivity index (χ2v) is 19.4. The molecule has 3 heterocycles. The molecule has 13 rings (SSSR count). The van der Waals surface area contributed by atoms with Crippen LogP contribution in [0.5, 0.6) is 0 Å². The van der Waals surface area contributed by atoms with Crippen LogP contribution in [0.15, 0.2) is 185 Å². The molecule has 2 atom stereocenters. The lowest BCUT2D eigenvalue weighted by Gasteiger charge is -2.50. The van der Waals surface area contributed by atoms with Gasteiger partial charge in [0.15, 0.2) is 5.82 Å². The minimum atomic E-state index is 0.239. The molecule has 65 heavy (non-hydrogen) atoms. The van der Waals surface area contributed by atoms with Crippen LogP contribution in [0, 0.1) is 17.8 Å². The summed E-state index contributed by atoms with van der Waals surface area (Å²) in [6.45, 7) is 4.93. The van der Waals surface area contributed by atoms with Crippen molar-refractivity contribution >= 4 is 54.6 Å². The topological polar surface area (TPSA) is 52.1 Å². The van der Waals surface area contributed by atoms with Gasteiger partial charge in [-0.15, -0.1) is 0 Å². The average Bonchev–Trinajstić information content (AvgIpc) is 3.92. The van der Waals surface area contributed by atoms with Crippen molar-refractivity contribution in [3.63, 3.8) is 0 Å². The molecule has 2 aliphatic carbocycles. The zero-order valence-corrected chi connectivity index (χ0v) is 36.7. The second-order valence-electron chi connectivity index (χ2n) is 19.4. The summed E-state index contributed by atoms with van der Waals surface area (Å²) in [5.74, 6) is 2.99. The van der Waals surface area contributed by atoms with E-state index in [2.05, 4.69) is 178 Å². The van der Waals surface area contributed by atoms with Crippen molar-refractivity contribution in [1.29, 1.82) is 0 Å². The first kappa shape index (κ1) is 38.2. The molecule has 314 valence electrons. The van der Waals surface area contributed by atoms with E-state index < -0.39 is 0 Å². The Morgan fingerprint density at radius 2 is 1.09 bits per heavy atom. The molecule has 8 aromatic carbocycles. The molecule has 2 unspecified atom stereocenters. The van der Waals surface area contributed by atoms with Gasteiger partial charge in [-0.3, -0.25) is 0 Å². The van der Waals surface area contributed by atoms with Crippen LogP contribution in [0.4, 0.5) is 0 Å². The number of furan rings is 2. The van der Waals surface area contributed by atoms with Crippen molar-refractivity contribution in [2.24, 2.45) is 17.8 Å². The lowest BCUT2D eigenvalue weighted by Crippen LogP contribution is -2.42. The Balaban J connectivity index is 1.03. The van der Waals surface area contributed by atoms with Gasteiger partial charge in [0.2, 0.25) is 0 Å². The number of hydrogen-bond acceptors (Lipinski definition) is 4. The molecule has 2 aliphatic rings. The lowest BCUT2D eigenvalue weighted by molar-refractivity contribution is 0.0780. The van der Waals surface area contributed by atoms with Gasteiger partial charge in [-0.05, 0) is 136 Å². The Bertz CT molecular complexity index is 3620. The monoisotopic (exact) mass is 840 g/mol. The summed E-state index contributed by atoms with van der Waals surface area (Å²) in [6.07, 6.45) is 6.55. The number of para-hydroxylation sites is 2. The van der Waals surface area contributed by atoms with Gasteiger partial charge in [-0.25, -0.2) is 9.97 Å². The van der Waals surface area contributed by atoms with Crippen LogP contribution >= 0.6 is 0 Å². The molecule has 0 N–H and O–H groups in total. The summed E-state index contributed by atoms with van der Waals surface area (Å²) in [6, 6.07) is 63.0. The molecule has 0 aliphatic heterocycles.